The first kappa shape index (κ1) is 15.6. The van der Waals surface area contributed by atoms with Crippen LogP contribution in [0.2, 0.25) is 5.02 Å². The number of primary sulfonamides is 1. The Morgan fingerprint density at radius 3 is 2.57 bits per heavy atom. The van der Waals surface area contributed by atoms with Gasteiger partial charge in [-0.15, -0.1) is 0 Å². The zero-order chi connectivity index (χ0) is 15.6. The molecule has 8 heteroatoms. The first-order chi connectivity index (χ1) is 9.77. The van der Waals surface area contributed by atoms with E-state index in [0.717, 1.165) is 5.56 Å². The highest BCUT2D eigenvalue weighted by Gasteiger charge is 2.11. The molecule has 1 heterocycles. The molecule has 4 N–H and O–H groups in total. The van der Waals surface area contributed by atoms with Gasteiger partial charge >= 0.3 is 0 Å². The Balaban J connectivity index is 2.20. The third-order valence-electron chi connectivity index (χ3n) is 2.92. The molecule has 0 spiro atoms. The molecule has 2 rings (SSSR count). The van der Waals surface area contributed by atoms with E-state index in [1.165, 1.54) is 12.3 Å². The number of anilines is 2. The van der Waals surface area contributed by atoms with E-state index in [2.05, 4.69) is 4.98 Å². The first-order valence-corrected chi connectivity index (χ1v) is 7.93. The summed E-state index contributed by atoms with van der Waals surface area (Å²) in [5.74, 6) is 0.598. The van der Waals surface area contributed by atoms with Crippen molar-refractivity contribution in [3.63, 3.8) is 0 Å². The molecule has 112 valence electrons. The molecule has 6 nitrogen and oxygen atoms in total. The highest BCUT2D eigenvalue weighted by atomic mass is 35.5. The van der Waals surface area contributed by atoms with Crippen molar-refractivity contribution in [3.05, 3.63) is 47.1 Å². The molecule has 0 unspecified atom stereocenters. The number of hydrogen-bond acceptors (Lipinski definition) is 5. The minimum Gasteiger partial charge on any atom is -0.399 e. The molecular formula is C13H15ClN4O2S. The third kappa shape index (κ3) is 3.84. The first-order valence-electron chi connectivity index (χ1n) is 6.01. The average Bonchev–Trinajstić information content (AvgIpc) is 2.42. The lowest BCUT2D eigenvalue weighted by Gasteiger charge is -2.19. The van der Waals surface area contributed by atoms with Crippen LogP contribution < -0.4 is 15.8 Å². The number of sulfonamides is 1. The van der Waals surface area contributed by atoms with Crippen LogP contribution in [0.25, 0.3) is 0 Å². The van der Waals surface area contributed by atoms with Crippen LogP contribution >= 0.6 is 11.6 Å². The maximum absolute atomic E-state index is 11.2. The van der Waals surface area contributed by atoms with Crippen molar-refractivity contribution in [2.24, 2.45) is 5.14 Å². The van der Waals surface area contributed by atoms with E-state index in [1.54, 1.807) is 24.3 Å². The summed E-state index contributed by atoms with van der Waals surface area (Å²) in [5.41, 5.74) is 7.22. The number of nitrogens with two attached hydrogens (primary N) is 2. The predicted octanol–water partition coefficient (Wildman–Crippen LogP) is 1.60. The number of benzene rings is 1. The fourth-order valence-corrected chi connectivity index (χ4v) is 2.45. The van der Waals surface area contributed by atoms with Gasteiger partial charge in [0.25, 0.3) is 0 Å². The number of rotatable bonds is 4. The minimum absolute atomic E-state index is 0.0263. The number of aromatic nitrogens is 1. The summed E-state index contributed by atoms with van der Waals surface area (Å²) in [7, 11) is -1.92. The number of hydrogen-bond donors (Lipinski definition) is 2. The van der Waals surface area contributed by atoms with Gasteiger partial charge in [-0.25, -0.2) is 18.5 Å². The molecule has 0 amide bonds. The van der Waals surface area contributed by atoms with E-state index >= 15 is 0 Å². The number of nitrogens with zero attached hydrogens (tertiary/aromatic N) is 2. The van der Waals surface area contributed by atoms with Crippen molar-refractivity contribution in [1.29, 1.82) is 0 Å². The van der Waals surface area contributed by atoms with Crippen molar-refractivity contribution >= 4 is 33.1 Å². The average molecular weight is 327 g/mol. The maximum atomic E-state index is 11.2. The minimum atomic E-state index is -3.74. The second kappa shape index (κ2) is 5.88. The van der Waals surface area contributed by atoms with Crippen molar-refractivity contribution < 1.29 is 8.42 Å². The van der Waals surface area contributed by atoms with Gasteiger partial charge in [0.05, 0.1) is 0 Å². The highest BCUT2D eigenvalue weighted by Crippen LogP contribution is 2.22. The predicted molar refractivity (Wildman–Crippen MR) is 83.6 cm³/mol. The van der Waals surface area contributed by atoms with Gasteiger partial charge in [-0.1, -0.05) is 11.6 Å². The van der Waals surface area contributed by atoms with E-state index in [4.69, 9.17) is 22.5 Å². The summed E-state index contributed by atoms with van der Waals surface area (Å²) >= 11 is 6.11. The molecule has 0 aliphatic carbocycles. The van der Waals surface area contributed by atoms with E-state index in [1.807, 2.05) is 11.9 Å². The SMILES string of the molecule is CN(Cc1cc(N)ccc1Cl)c1ccc(S(N)(=O)=O)cn1. The molecule has 0 bridgehead atoms. The standard InChI is InChI=1S/C13H15ClN4O2S/c1-18(8-9-6-10(15)2-4-12(9)14)13-5-3-11(7-17-13)21(16,19)20/h2-7H,8,15H2,1H3,(H2,16,19,20). The topological polar surface area (TPSA) is 102 Å². The Hall–Kier alpha value is -1.83. The van der Waals surface area contributed by atoms with E-state index in [-0.39, 0.29) is 4.90 Å². The fourth-order valence-electron chi connectivity index (χ4n) is 1.82. The Kier molecular flexibility index (Phi) is 4.36. The molecule has 0 fully saturated rings. The molecule has 2 aromatic rings. The summed E-state index contributed by atoms with van der Waals surface area (Å²) in [4.78, 5) is 5.89. The lowest BCUT2D eigenvalue weighted by Crippen LogP contribution is -2.19. The Morgan fingerprint density at radius 2 is 2.00 bits per heavy atom. The summed E-state index contributed by atoms with van der Waals surface area (Å²) < 4.78 is 22.4. The number of pyridine rings is 1. The van der Waals surface area contributed by atoms with Gasteiger partial charge in [-0.3, -0.25) is 0 Å². The second-order valence-corrected chi connectivity index (χ2v) is 6.57. The van der Waals surface area contributed by atoms with Gasteiger partial charge in [0.2, 0.25) is 10.0 Å². The molecule has 0 radical (unpaired) electrons. The van der Waals surface area contributed by atoms with Crippen molar-refractivity contribution in [2.75, 3.05) is 17.7 Å². The van der Waals surface area contributed by atoms with E-state index in [9.17, 15) is 8.42 Å². The lowest BCUT2D eigenvalue weighted by molar-refractivity contribution is 0.597. The molecule has 1 aromatic carbocycles. The van der Waals surface area contributed by atoms with Crippen LogP contribution in [0.15, 0.2) is 41.4 Å². The maximum Gasteiger partial charge on any atom is 0.239 e. The number of nitrogen functional groups attached to an aromatic ring is 1. The quantitative estimate of drug-likeness (QED) is 0.831. The van der Waals surface area contributed by atoms with Crippen LogP contribution in [0.3, 0.4) is 0 Å². The Bertz CT molecular complexity index is 747. The molecule has 0 saturated carbocycles. The van der Waals surface area contributed by atoms with Gasteiger partial charge in [-0.05, 0) is 35.9 Å². The molecule has 0 atom stereocenters. The summed E-state index contributed by atoms with van der Waals surface area (Å²) in [6.45, 7) is 0.492. The van der Waals surface area contributed by atoms with Crippen LogP contribution in [-0.4, -0.2) is 20.4 Å². The van der Waals surface area contributed by atoms with Crippen LogP contribution in [0.5, 0.6) is 0 Å². The van der Waals surface area contributed by atoms with Gasteiger partial charge in [0.15, 0.2) is 0 Å². The fraction of sp³-hybridized carbons (Fsp3) is 0.154. The normalized spacial score (nSPS) is 11.4. The van der Waals surface area contributed by atoms with Gasteiger partial charge in [0.1, 0.15) is 10.7 Å². The molecular weight excluding hydrogens is 312 g/mol. The molecule has 0 saturated heterocycles. The molecule has 21 heavy (non-hydrogen) atoms. The molecule has 0 aliphatic heterocycles. The largest absolute Gasteiger partial charge is 0.399 e. The summed E-state index contributed by atoms with van der Waals surface area (Å²) in [6, 6.07) is 8.25. The monoisotopic (exact) mass is 326 g/mol. The van der Waals surface area contributed by atoms with E-state index < -0.39 is 10.0 Å². The highest BCUT2D eigenvalue weighted by molar-refractivity contribution is 7.89. The Labute approximate surface area is 128 Å². The van der Waals surface area contributed by atoms with E-state index in [0.29, 0.717) is 23.1 Å². The van der Waals surface area contributed by atoms with Crippen LogP contribution in [0, 0.1) is 0 Å². The van der Waals surface area contributed by atoms with Crippen molar-refractivity contribution in [2.45, 2.75) is 11.4 Å². The van der Waals surface area contributed by atoms with Crippen molar-refractivity contribution in [3.8, 4) is 0 Å². The zero-order valence-electron chi connectivity index (χ0n) is 11.3. The summed E-state index contributed by atoms with van der Waals surface area (Å²) in [5, 5.41) is 5.64. The molecule has 1 aromatic heterocycles. The van der Waals surface area contributed by atoms with Gasteiger partial charge in [0, 0.05) is 30.5 Å². The van der Waals surface area contributed by atoms with Crippen LogP contribution in [0.1, 0.15) is 5.56 Å². The van der Waals surface area contributed by atoms with Gasteiger partial charge < -0.3 is 10.6 Å². The zero-order valence-corrected chi connectivity index (χ0v) is 12.9. The third-order valence-corrected chi connectivity index (χ3v) is 4.18. The molecule has 0 aliphatic rings. The summed E-state index contributed by atoms with van der Waals surface area (Å²) in [6.07, 6.45) is 1.22. The Morgan fingerprint density at radius 1 is 1.29 bits per heavy atom. The number of halogens is 1. The van der Waals surface area contributed by atoms with Crippen molar-refractivity contribution in [1.82, 2.24) is 4.98 Å². The van der Waals surface area contributed by atoms with Gasteiger partial charge in [-0.2, -0.15) is 0 Å². The smallest absolute Gasteiger partial charge is 0.239 e. The second-order valence-electron chi connectivity index (χ2n) is 4.60. The van der Waals surface area contributed by atoms with Crippen LogP contribution in [0.4, 0.5) is 11.5 Å². The lowest BCUT2D eigenvalue weighted by atomic mass is 10.2. The van der Waals surface area contributed by atoms with Crippen LogP contribution in [-0.2, 0) is 16.6 Å².